The standard InChI is InChI=1S/C11H16F3N3O2/c1-10(16,17)6-18-5-7-2-3-9(8(15)4-7)19-11(12,13)14/h2-4H,5-6,15-17H2,1H3. The van der Waals surface area contributed by atoms with E-state index in [1.54, 1.807) is 6.92 Å². The van der Waals surface area contributed by atoms with Crippen LogP contribution in [0.3, 0.4) is 0 Å². The van der Waals surface area contributed by atoms with Gasteiger partial charge in [0.25, 0.3) is 0 Å². The van der Waals surface area contributed by atoms with Crippen LogP contribution in [0.1, 0.15) is 12.5 Å². The van der Waals surface area contributed by atoms with Crippen molar-refractivity contribution >= 4 is 5.69 Å². The van der Waals surface area contributed by atoms with E-state index in [0.717, 1.165) is 6.07 Å². The molecule has 0 bridgehead atoms. The molecule has 108 valence electrons. The van der Waals surface area contributed by atoms with E-state index in [1.807, 2.05) is 0 Å². The molecule has 1 rings (SSSR count). The molecule has 0 heterocycles. The number of hydrogen-bond acceptors (Lipinski definition) is 5. The summed E-state index contributed by atoms with van der Waals surface area (Å²) < 4.78 is 45.0. The zero-order valence-corrected chi connectivity index (χ0v) is 10.3. The summed E-state index contributed by atoms with van der Waals surface area (Å²) in [6.45, 7) is 1.83. The molecule has 6 N–H and O–H groups in total. The molecule has 0 saturated carbocycles. The fourth-order valence-electron chi connectivity index (χ4n) is 1.29. The number of rotatable bonds is 5. The molecule has 0 spiro atoms. The molecule has 0 fully saturated rings. The number of anilines is 1. The molecule has 1 aromatic carbocycles. The van der Waals surface area contributed by atoms with Crippen LogP contribution in [0, 0.1) is 0 Å². The average Bonchev–Trinajstić information content (AvgIpc) is 2.18. The summed E-state index contributed by atoms with van der Waals surface area (Å²) in [7, 11) is 0. The lowest BCUT2D eigenvalue weighted by atomic mass is 10.2. The molecule has 19 heavy (non-hydrogen) atoms. The largest absolute Gasteiger partial charge is 0.573 e. The van der Waals surface area contributed by atoms with Gasteiger partial charge in [0.05, 0.1) is 24.6 Å². The van der Waals surface area contributed by atoms with Gasteiger partial charge in [-0.25, -0.2) is 0 Å². The average molecular weight is 279 g/mol. The second-order valence-electron chi connectivity index (χ2n) is 4.42. The number of halogens is 3. The number of nitrogens with two attached hydrogens (primary N) is 3. The van der Waals surface area contributed by atoms with E-state index in [4.69, 9.17) is 21.9 Å². The molecule has 0 atom stereocenters. The maximum atomic E-state index is 12.0. The van der Waals surface area contributed by atoms with Gasteiger partial charge in [0.1, 0.15) is 0 Å². The topological polar surface area (TPSA) is 96.5 Å². The van der Waals surface area contributed by atoms with Crippen molar-refractivity contribution in [1.82, 2.24) is 0 Å². The molecule has 8 heteroatoms. The van der Waals surface area contributed by atoms with Crippen LogP contribution in [0.2, 0.25) is 0 Å². The minimum atomic E-state index is -4.77. The number of alkyl halides is 3. The van der Waals surface area contributed by atoms with Crippen LogP contribution >= 0.6 is 0 Å². The van der Waals surface area contributed by atoms with E-state index in [9.17, 15) is 13.2 Å². The normalized spacial score (nSPS) is 12.5. The zero-order valence-electron chi connectivity index (χ0n) is 10.3. The highest BCUT2D eigenvalue weighted by molar-refractivity contribution is 5.54. The van der Waals surface area contributed by atoms with Crippen LogP contribution in [0.15, 0.2) is 18.2 Å². The van der Waals surface area contributed by atoms with Crippen LogP contribution < -0.4 is 21.9 Å². The number of nitrogen functional groups attached to an aromatic ring is 1. The molecule has 0 amide bonds. The Morgan fingerprint density at radius 2 is 1.84 bits per heavy atom. The molecule has 0 aliphatic heterocycles. The van der Waals surface area contributed by atoms with Gasteiger partial charge in [0.15, 0.2) is 5.75 Å². The van der Waals surface area contributed by atoms with Crippen molar-refractivity contribution in [1.29, 1.82) is 0 Å². The van der Waals surface area contributed by atoms with Crippen LogP contribution in [0.4, 0.5) is 18.9 Å². The van der Waals surface area contributed by atoms with Gasteiger partial charge in [-0.1, -0.05) is 6.07 Å². The van der Waals surface area contributed by atoms with Crippen molar-refractivity contribution in [3.63, 3.8) is 0 Å². The van der Waals surface area contributed by atoms with Gasteiger partial charge in [-0.2, -0.15) is 0 Å². The smallest absolute Gasteiger partial charge is 0.404 e. The molecule has 5 nitrogen and oxygen atoms in total. The van der Waals surface area contributed by atoms with Crippen LogP contribution in [0.25, 0.3) is 0 Å². The van der Waals surface area contributed by atoms with Crippen molar-refractivity contribution in [2.45, 2.75) is 25.6 Å². The first-order chi connectivity index (χ1) is 8.57. The molecule has 0 aliphatic carbocycles. The first kappa shape index (κ1) is 15.5. The van der Waals surface area contributed by atoms with E-state index >= 15 is 0 Å². The number of benzene rings is 1. The predicted octanol–water partition coefficient (Wildman–Crippen LogP) is 1.32. The second kappa shape index (κ2) is 5.64. The fourth-order valence-corrected chi connectivity index (χ4v) is 1.29. The van der Waals surface area contributed by atoms with Gasteiger partial charge in [-0.3, -0.25) is 0 Å². The molecule has 1 aromatic rings. The van der Waals surface area contributed by atoms with Gasteiger partial charge in [-0.05, 0) is 24.6 Å². The van der Waals surface area contributed by atoms with E-state index in [2.05, 4.69) is 4.74 Å². The van der Waals surface area contributed by atoms with Crippen molar-refractivity contribution < 1.29 is 22.6 Å². The third kappa shape index (κ3) is 6.27. The van der Waals surface area contributed by atoms with Gasteiger partial charge in [0, 0.05) is 0 Å². The maximum absolute atomic E-state index is 12.0. The van der Waals surface area contributed by atoms with Crippen molar-refractivity contribution in [3.8, 4) is 5.75 Å². The first-order valence-electron chi connectivity index (χ1n) is 5.36. The lowest BCUT2D eigenvalue weighted by Crippen LogP contribution is -2.50. The SMILES string of the molecule is CC(N)(N)COCc1ccc(OC(F)(F)F)c(N)c1. The van der Waals surface area contributed by atoms with E-state index < -0.39 is 17.8 Å². The second-order valence-corrected chi connectivity index (χ2v) is 4.42. The Hall–Kier alpha value is -1.51. The molecule has 0 unspecified atom stereocenters. The molecule has 0 radical (unpaired) electrons. The van der Waals surface area contributed by atoms with Gasteiger partial charge in [-0.15, -0.1) is 13.2 Å². The van der Waals surface area contributed by atoms with Crippen LogP contribution in [-0.2, 0) is 11.3 Å². The third-order valence-corrected chi connectivity index (χ3v) is 1.98. The summed E-state index contributed by atoms with van der Waals surface area (Å²) in [5.41, 5.74) is 16.0. The summed E-state index contributed by atoms with van der Waals surface area (Å²) in [6.07, 6.45) is -4.77. The zero-order chi connectivity index (χ0) is 14.7. The Morgan fingerprint density at radius 3 is 2.32 bits per heavy atom. The molecule has 0 aromatic heterocycles. The molecule has 0 aliphatic rings. The summed E-state index contributed by atoms with van der Waals surface area (Å²) in [6, 6.07) is 3.89. The van der Waals surface area contributed by atoms with Gasteiger partial charge in [0.2, 0.25) is 0 Å². The Kier molecular flexibility index (Phi) is 4.61. The van der Waals surface area contributed by atoms with Gasteiger partial charge >= 0.3 is 6.36 Å². The molecular formula is C11H16F3N3O2. The Balaban J connectivity index is 2.62. The lowest BCUT2D eigenvalue weighted by Gasteiger charge is -2.18. The molecular weight excluding hydrogens is 263 g/mol. The van der Waals surface area contributed by atoms with Crippen molar-refractivity contribution in [2.75, 3.05) is 12.3 Å². The predicted molar refractivity (Wildman–Crippen MR) is 64.0 cm³/mol. The minimum Gasteiger partial charge on any atom is -0.404 e. The molecule has 0 saturated heterocycles. The van der Waals surface area contributed by atoms with Crippen molar-refractivity contribution in [2.24, 2.45) is 11.5 Å². The quantitative estimate of drug-likeness (QED) is 0.558. The Labute approximate surface area is 108 Å². The minimum absolute atomic E-state index is 0.105. The number of hydrogen-bond donors (Lipinski definition) is 3. The van der Waals surface area contributed by atoms with E-state index in [0.29, 0.717) is 5.56 Å². The third-order valence-electron chi connectivity index (χ3n) is 1.98. The van der Waals surface area contributed by atoms with Crippen LogP contribution in [-0.4, -0.2) is 18.6 Å². The van der Waals surface area contributed by atoms with E-state index in [-0.39, 0.29) is 18.9 Å². The lowest BCUT2D eigenvalue weighted by molar-refractivity contribution is -0.274. The highest BCUT2D eigenvalue weighted by atomic mass is 19.4. The van der Waals surface area contributed by atoms with Gasteiger partial charge < -0.3 is 26.7 Å². The monoisotopic (exact) mass is 279 g/mol. The van der Waals surface area contributed by atoms with E-state index in [1.165, 1.54) is 12.1 Å². The Bertz CT molecular complexity index is 430. The summed E-state index contributed by atoms with van der Waals surface area (Å²) >= 11 is 0. The van der Waals surface area contributed by atoms with Crippen LogP contribution in [0.5, 0.6) is 5.75 Å². The summed E-state index contributed by atoms with van der Waals surface area (Å²) in [4.78, 5) is 0. The number of ether oxygens (including phenoxy) is 2. The highest BCUT2D eigenvalue weighted by Crippen LogP contribution is 2.29. The maximum Gasteiger partial charge on any atom is 0.573 e. The summed E-state index contributed by atoms with van der Waals surface area (Å²) in [5, 5.41) is 0. The summed E-state index contributed by atoms with van der Waals surface area (Å²) in [5.74, 6) is -0.446. The Morgan fingerprint density at radius 1 is 1.21 bits per heavy atom. The first-order valence-corrected chi connectivity index (χ1v) is 5.36. The fraction of sp³-hybridized carbons (Fsp3) is 0.455. The highest BCUT2D eigenvalue weighted by Gasteiger charge is 2.31. The van der Waals surface area contributed by atoms with Crippen molar-refractivity contribution in [3.05, 3.63) is 23.8 Å².